The summed E-state index contributed by atoms with van der Waals surface area (Å²) in [4.78, 5) is 4.83. The molecule has 0 N–H and O–H groups in total. The molecule has 4 aliphatic heterocycles. The molecule has 0 fully saturated rings. The molecule has 272 valence electrons. The number of benzene rings is 4. The van der Waals surface area contributed by atoms with Crippen molar-refractivity contribution in [3.63, 3.8) is 0 Å². The topological polar surface area (TPSA) is 61.9 Å². The van der Waals surface area contributed by atoms with Gasteiger partial charge in [0.1, 0.15) is 5.75 Å². The van der Waals surface area contributed by atoms with Crippen molar-refractivity contribution in [2.45, 2.75) is 64.0 Å². The standard InChI is InChI=1S/C44H50N2O6/c1-8-9-10-11-12-33-32-20-22-46(3)36-24-29-15-18-37(47-4)39(25-29)51-31-16-13-28(14-17-31)23-35-34-27-40(38(48-5)26-30(34)19-21-45(35)2)52-43(41(32)36)44(50-7)42(33)49-6/h13-18,25-27,35-36H,8-10,19-24H2,1-7H3/t35-,36-/m0/s1. The van der Waals surface area contributed by atoms with Crippen LogP contribution in [0.25, 0.3) is 0 Å². The van der Waals surface area contributed by atoms with Gasteiger partial charge in [-0.25, -0.2) is 0 Å². The summed E-state index contributed by atoms with van der Waals surface area (Å²) in [5, 5.41) is 0. The average Bonchev–Trinajstić information content (AvgIpc) is 3.16. The van der Waals surface area contributed by atoms with Crippen LogP contribution in [0.3, 0.4) is 0 Å². The highest BCUT2D eigenvalue weighted by molar-refractivity contribution is 5.71. The molecule has 0 aromatic heterocycles. The second-order valence-electron chi connectivity index (χ2n) is 14.0. The molecule has 0 spiro atoms. The smallest absolute Gasteiger partial charge is 0.205 e. The van der Waals surface area contributed by atoms with E-state index in [9.17, 15) is 0 Å². The van der Waals surface area contributed by atoms with Gasteiger partial charge in [-0.3, -0.25) is 9.80 Å². The Balaban J connectivity index is 1.50. The number of rotatable bonds is 6. The minimum absolute atomic E-state index is 0.0725. The Labute approximate surface area is 308 Å². The van der Waals surface area contributed by atoms with Crippen LogP contribution in [0.4, 0.5) is 0 Å². The van der Waals surface area contributed by atoms with Crippen LogP contribution in [-0.2, 0) is 25.7 Å². The third-order valence-corrected chi connectivity index (χ3v) is 10.9. The van der Waals surface area contributed by atoms with Crippen molar-refractivity contribution in [1.82, 2.24) is 9.80 Å². The minimum Gasteiger partial charge on any atom is -0.493 e. The monoisotopic (exact) mass is 702 g/mol. The van der Waals surface area contributed by atoms with Gasteiger partial charge in [0.2, 0.25) is 5.75 Å². The number of hydrogen-bond donors (Lipinski definition) is 0. The number of unbranched alkanes of at least 4 members (excludes halogenated alkanes) is 2. The summed E-state index contributed by atoms with van der Waals surface area (Å²) in [5.41, 5.74) is 7.89. The molecule has 4 heterocycles. The molecule has 2 atom stereocenters. The fraction of sp³-hybridized carbons (Fsp3) is 0.409. The number of likely N-dealkylation sites (N-methyl/N-ethyl adjacent to an activating group) is 2. The van der Waals surface area contributed by atoms with Gasteiger partial charge >= 0.3 is 0 Å². The Kier molecular flexibility index (Phi) is 10.5. The van der Waals surface area contributed by atoms with E-state index in [2.05, 4.69) is 91.2 Å². The number of methoxy groups -OCH3 is 4. The Morgan fingerprint density at radius 3 is 2.15 bits per heavy atom. The van der Waals surface area contributed by atoms with Crippen molar-refractivity contribution in [1.29, 1.82) is 0 Å². The van der Waals surface area contributed by atoms with Gasteiger partial charge in [-0.05, 0) is 110 Å². The van der Waals surface area contributed by atoms with Gasteiger partial charge in [0, 0.05) is 37.2 Å². The lowest BCUT2D eigenvalue weighted by atomic mass is 9.84. The first-order valence-electron chi connectivity index (χ1n) is 18.4. The van der Waals surface area contributed by atoms with E-state index < -0.39 is 0 Å². The van der Waals surface area contributed by atoms with E-state index in [0.29, 0.717) is 46.7 Å². The van der Waals surface area contributed by atoms with Crippen molar-refractivity contribution >= 4 is 0 Å². The second-order valence-corrected chi connectivity index (χ2v) is 14.0. The number of nitrogens with zero attached hydrogens (tertiary/aromatic N) is 2. The van der Waals surface area contributed by atoms with E-state index in [-0.39, 0.29) is 12.1 Å². The highest BCUT2D eigenvalue weighted by atomic mass is 16.5. The molecule has 6 bridgehead atoms. The Morgan fingerprint density at radius 1 is 0.731 bits per heavy atom. The largest absolute Gasteiger partial charge is 0.493 e. The van der Waals surface area contributed by atoms with Gasteiger partial charge < -0.3 is 28.4 Å². The van der Waals surface area contributed by atoms with E-state index in [4.69, 9.17) is 28.4 Å². The first kappa shape index (κ1) is 35.6. The molecule has 0 radical (unpaired) electrons. The molecule has 8 heteroatoms. The first-order chi connectivity index (χ1) is 25.4. The van der Waals surface area contributed by atoms with Crippen LogP contribution in [0, 0.1) is 11.8 Å². The summed E-state index contributed by atoms with van der Waals surface area (Å²) < 4.78 is 37.9. The van der Waals surface area contributed by atoms with Crippen LogP contribution in [0.2, 0.25) is 0 Å². The molecule has 0 saturated heterocycles. The number of ether oxygens (including phenoxy) is 6. The van der Waals surface area contributed by atoms with Crippen molar-refractivity contribution in [2.75, 3.05) is 55.6 Å². The average molecular weight is 703 g/mol. The van der Waals surface area contributed by atoms with Gasteiger partial charge in [-0.2, -0.15) is 0 Å². The molecule has 52 heavy (non-hydrogen) atoms. The van der Waals surface area contributed by atoms with Gasteiger partial charge in [0.25, 0.3) is 0 Å². The van der Waals surface area contributed by atoms with Gasteiger partial charge in [0.15, 0.2) is 34.5 Å². The summed E-state index contributed by atoms with van der Waals surface area (Å²) in [7, 11) is 11.1. The van der Waals surface area contributed by atoms with Crippen molar-refractivity contribution in [2.24, 2.45) is 0 Å². The Bertz CT molecular complexity index is 2000. The summed E-state index contributed by atoms with van der Waals surface area (Å²) in [6.45, 7) is 3.98. The quantitative estimate of drug-likeness (QED) is 0.146. The Hall–Kier alpha value is -4.84. The van der Waals surface area contributed by atoms with Crippen LogP contribution >= 0.6 is 0 Å². The normalized spacial score (nSPS) is 18.1. The molecule has 8 nitrogen and oxygen atoms in total. The molecule has 8 rings (SSSR count). The van der Waals surface area contributed by atoms with Crippen molar-refractivity contribution in [3.05, 3.63) is 93.5 Å². The Morgan fingerprint density at radius 2 is 1.42 bits per heavy atom. The molecule has 4 aliphatic rings. The molecule has 4 aromatic rings. The zero-order valence-corrected chi connectivity index (χ0v) is 31.6. The number of fused-ring (bicyclic) bond motifs is 2. The van der Waals surface area contributed by atoms with E-state index in [1.54, 1.807) is 28.4 Å². The van der Waals surface area contributed by atoms with E-state index >= 15 is 0 Å². The maximum Gasteiger partial charge on any atom is 0.205 e. The van der Waals surface area contributed by atoms with Crippen LogP contribution in [0.1, 0.15) is 77.2 Å². The van der Waals surface area contributed by atoms with Crippen molar-refractivity contribution in [3.8, 4) is 57.8 Å². The third kappa shape index (κ3) is 6.76. The van der Waals surface area contributed by atoms with Crippen LogP contribution < -0.4 is 28.4 Å². The molecule has 4 aromatic carbocycles. The van der Waals surface area contributed by atoms with Gasteiger partial charge in [0.05, 0.1) is 34.0 Å². The third-order valence-electron chi connectivity index (χ3n) is 10.9. The minimum atomic E-state index is -0.0725. The first-order valence-corrected chi connectivity index (χ1v) is 18.4. The van der Waals surface area contributed by atoms with Crippen molar-refractivity contribution < 1.29 is 28.4 Å². The molecular weight excluding hydrogens is 652 g/mol. The van der Waals surface area contributed by atoms with Gasteiger partial charge in [-0.15, -0.1) is 0 Å². The van der Waals surface area contributed by atoms with Crippen LogP contribution in [-0.4, -0.2) is 65.4 Å². The molecule has 0 amide bonds. The van der Waals surface area contributed by atoms with E-state index in [0.717, 1.165) is 79.6 Å². The predicted molar refractivity (Wildman–Crippen MR) is 204 cm³/mol. The number of hydrogen-bond acceptors (Lipinski definition) is 8. The molecule has 0 saturated carbocycles. The summed E-state index contributed by atoms with van der Waals surface area (Å²) >= 11 is 0. The van der Waals surface area contributed by atoms with Crippen LogP contribution in [0.5, 0.6) is 46.0 Å². The fourth-order valence-electron chi connectivity index (χ4n) is 7.96. The maximum absolute atomic E-state index is 7.18. The zero-order chi connectivity index (χ0) is 36.4. The maximum atomic E-state index is 7.18. The predicted octanol–water partition coefficient (Wildman–Crippen LogP) is 8.70. The SMILES string of the molecule is CCCCC#Cc1c2c3c(c(OC)c1OC)Oc1cc4c(cc1OC)CCN(C)[C@H]4Cc1ccc(cc1)Oc1cc(ccc1OC)C[C@@H]3N(C)CC2. The van der Waals surface area contributed by atoms with Crippen LogP contribution in [0.15, 0.2) is 54.6 Å². The van der Waals surface area contributed by atoms with E-state index in [1.165, 1.54) is 16.7 Å². The lowest BCUT2D eigenvalue weighted by Gasteiger charge is -2.38. The lowest BCUT2D eigenvalue weighted by molar-refractivity contribution is 0.220. The highest BCUT2D eigenvalue weighted by Gasteiger charge is 2.37. The molecule has 0 aliphatic carbocycles. The highest BCUT2D eigenvalue weighted by Crippen LogP contribution is 2.53. The fourth-order valence-corrected chi connectivity index (χ4v) is 7.96. The lowest BCUT2D eigenvalue weighted by Crippen LogP contribution is -2.34. The summed E-state index contributed by atoms with van der Waals surface area (Å²) in [6.07, 6.45) is 6.18. The second kappa shape index (κ2) is 15.4. The zero-order valence-electron chi connectivity index (χ0n) is 31.6. The van der Waals surface area contributed by atoms with Gasteiger partial charge in [-0.1, -0.05) is 43.4 Å². The summed E-state index contributed by atoms with van der Waals surface area (Å²) in [6, 6.07) is 19.0. The van der Waals surface area contributed by atoms with E-state index in [1.807, 2.05) is 6.07 Å². The summed E-state index contributed by atoms with van der Waals surface area (Å²) in [5.74, 6) is 12.2. The molecule has 0 unspecified atom stereocenters. The molecular formula is C44H50N2O6.